The summed E-state index contributed by atoms with van der Waals surface area (Å²) in [5.41, 5.74) is 0. The summed E-state index contributed by atoms with van der Waals surface area (Å²) in [6.45, 7) is 4.35. The van der Waals surface area contributed by atoms with Gasteiger partial charge >= 0.3 is 0 Å². The standard InChI is InChI=1S/C8H17NO2/c1-3-4-5-8(2)6-7-9(10)11/h8H,3-7H2,1-2H3. The maximum Gasteiger partial charge on any atom is 0.204 e. The average Bonchev–Trinajstić information content (AvgIpc) is 1.97. The minimum Gasteiger partial charge on any atom is -0.265 e. The Balaban J connectivity index is 3.22. The number of hydrogen-bond donors (Lipinski definition) is 0. The van der Waals surface area contributed by atoms with Gasteiger partial charge in [-0.1, -0.05) is 33.1 Å². The number of rotatable bonds is 6. The third-order valence-electron chi connectivity index (χ3n) is 1.85. The lowest BCUT2D eigenvalue weighted by Gasteiger charge is -2.06. The Bertz CT molecular complexity index is 115. The van der Waals surface area contributed by atoms with Crippen LogP contribution in [0.2, 0.25) is 0 Å². The summed E-state index contributed by atoms with van der Waals surface area (Å²) in [6, 6.07) is 0. The molecule has 11 heavy (non-hydrogen) atoms. The highest BCUT2D eigenvalue weighted by atomic mass is 16.6. The van der Waals surface area contributed by atoms with E-state index in [0.29, 0.717) is 5.92 Å². The zero-order valence-corrected chi connectivity index (χ0v) is 7.38. The van der Waals surface area contributed by atoms with Crippen LogP contribution in [-0.2, 0) is 0 Å². The normalized spacial score (nSPS) is 12.9. The first kappa shape index (κ1) is 10.4. The van der Waals surface area contributed by atoms with Gasteiger partial charge in [0.05, 0.1) is 0 Å². The van der Waals surface area contributed by atoms with E-state index < -0.39 is 0 Å². The number of hydrogen-bond acceptors (Lipinski definition) is 2. The quantitative estimate of drug-likeness (QED) is 0.441. The van der Waals surface area contributed by atoms with E-state index in [9.17, 15) is 10.1 Å². The molecular weight excluding hydrogens is 142 g/mol. The minimum atomic E-state index is -0.234. The zero-order valence-electron chi connectivity index (χ0n) is 7.38. The molecule has 1 atom stereocenters. The fraction of sp³-hybridized carbons (Fsp3) is 1.00. The smallest absolute Gasteiger partial charge is 0.204 e. The van der Waals surface area contributed by atoms with Crippen LogP contribution in [0.25, 0.3) is 0 Å². The van der Waals surface area contributed by atoms with Crippen LogP contribution in [-0.4, -0.2) is 11.5 Å². The first-order chi connectivity index (χ1) is 5.16. The maximum absolute atomic E-state index is 9.98. The molecule has 0 aliphatic rings. The molecule has 0 saturated heterocycles. The summed E-state index contributed by atoms with van der Waals surface area (Å²) in [7, 11) is 0. The fourth-order valence-corrected chi connectivity index (χ4v) is 1.02. The Hall–Kier alpha value is -0.600. The second-order valence-corrected chi connectivity index (χ2v) is 3.09. The van der Waals surface area contributed by atoms with Crippen LogP contribution in [0.1, 0.15) is 39.5 Å². The highest BCUT2D eigenvalue weighted by Crippen LogP contribution is 2.10. The molecular formula is C8H17NO2. The van der Waals surface area contributed by atoms with Crippen LogP contribution in [0.15, 0.2) is 0 Å². The molecule has 0 N–H and O–H groups in total. The van der Waals surface area contributed by atoms with Crippen molar-refractivity contribution in [3.63, 3.8) is 0 Å². The molecule has 0 heterocycles. The van der Waals surface area contributed by atoms with E-state index in [2.05, 4.69) is 13.8 Å². The summed E-state index contributed by atoms with van der Waals surface area (Å²) >= 11 is 0. The summed E-state index contributed by atoms with van der Waals surface area (Å²) in [6.07, 6.45) is 4.24. The molecule has 0 spiro atoms. The van der Waals surface area contributed by atoms with Crippen molar-refractivity contribution in [1.82, 2.24) is 0 Å². The van der Waals surface area contributed by atoms with E-state index in [0.717, 1.165) is 12.8 Å². The van der Waals surface area contributed by atoms with Crippen LogP contribution >= 0.6 is 0 Å². The van der Waals surface area contributed by atoms with Gasteiger partial charge in [0.2, 0.25) is 6.54 Å². The second kappa shape index (κ2) is 6.13. The molecule has 0 aromatic heterocycles. The molecule has 1 unspecified atom stereocenters. The lowest BCUT2D eigenvalue weighted by molar-refractivity contribution is -0.481. The van der Waals surface area contributed by atoms with Crippen molar-refractivity contribution >= 4 is 0 Å². The topological polar surface area (TPSA) is 43.1 Å². The molecule has 0 radical (unpaired) electrons. The van der Waals surface area contributed by atoms with E-state index in [1.165, 1.54) is 12.8 Å². The second-order valence-electron chi connectivity index (χ2n) is 3.09. The van der Waals surface area contributed by atoms with Crippen molar-refractivity contribution in [3.05, 3.63) is 10.1 Å². The number of nitro groups is 1. The Morgan fingerprint density at radius 3 is 2.55 bits per heavy atom. The van der Waals surface area contributed by atoms with Gasteiger partial charge in [-0.25, -0.2) is 0 Å². The average molecular weight is 159 g/mol. The van der Waals surface area contributed by atoms with E-state index in [1.54, 1.807) is 0 Å². The molecule has 0 aliphatic carbocycles. The Morgan fingerprint density at radius 2 is 2.09 bits per heavy atom. The van der Waals surface area contributed by atoms with E-state index in [-0.39, 0.29) is 11.5 Å². The van der Waals surface area contributed by atoms with Gasteiger partial charge in [0.25, 0.3) is 0 Å². The Kier molecular flexibility index (Phi) is 5.80. The highest BCUT2D eigenvalue weighted by Gasteiger charge is 2.04. The molecule has 66 valence electrons. The predicted molar refractivity (Wildman–Crippen MR) is 45.2 cm³/mol. The summed E-state index contributed by atoms with van der Waals surface area (Å²) < 4.78 is 0. The first-order valence-electron chi connectivity index (χ1n) is 4.28. The van der Waals surface area contributed by atoms with Crippen LogP contribution < -0.4 is 0 Å². The van der Waals surface area contributed by atoms with Gasteiger partial charge in [0, 0.05) is 11.3 Å². The molecule has 0 aromatic carbocycles. The molecule has 0 saturated carbocycles. The van der Waals surface area contributed by atoms with Gasteiger partial charge in [0.15, 0.2) is 0 Å². The van der Waals surface area contributed by atoms with Gasteiger partial charge in [-0.2, -0.15) is 0 Å². The van der Waals surface area contributed by atoms with Crippen LogP contribution in [0.3, 0.4) is 0 Å². The highest BCUT2D eigenvalue weighted by molar-refractivity contribution is 4.51. The lowest BCUT2D eigenvalue weighted by Crippen LogP contribution is -2.06. The molecule has 3 nitrogen and oxygen atoms in total. The summed E-state index contributed by atoms with van der Waals surface area (Å²) in [4.78, 5) is 9.75. The van der Waals surface area contributed by atoms with Gasteiger partial charge in [-0.3, -0.25) is 10.1 Å². The fourth-order valence-electron chi connectivity index (χ4n) is 1.02. The Labute approximate surface area is 67.9 Å². The third kappa shape index (κ3) is 7.30. The van der Waals surface area contributed by atoms with Crippen LogP contribution in [0, 0.1) is 16.0 Å². The SMILES string of the molecule is CCCCC(C)CC[N+](=O)[O-]. The monoisotopic (exact) mass is 159 g/mol. The van der Waals surface area contributed by atoms with E-state index in [4.69, 9.17) is 0 Å². The molecule has 0 amide bonds. The third-order valence-corrected chi connectivity index (χ3v) is 1.85. The maximum atomic E-state index is 9.98. The van der Waals surface area contributed by atoms with Crippen molar-refractivity contribution < 1.29 is 4.92 Å². The largest absolute Gasteiger partial charge is 0.265 e. The van der Waals surface area contributed by atoms with Crippen molar-refractivity contribution in [2.24, 2.45) is 5.92 Å². The molecule has 0 rings (SSSR count). The summed E-state index contributed by atoms with van der Waals surface area (Å²) in [5.74, 6) is 0.514. The Morgan fingerprint density at radius 1 is 1.45 bits per heavy atom. The van der Waals surface area contributed by atoms with Crippen molar-refractivity contribution in [2.45, 2.75) is 39.5 Å². The molecule has 0 aliphatic heterocycles. The summed E-state index contributed by atoms with van der Waals surface area (Å²) in [5, 5.41) is 9.98. The molecule has 3 heteroatoms. The van der Waals surface area contributed by atoms with Crippen LogP contribution in [0.5, 0.6) is 0 Å². The number of unbranched alkanes of at least 4 members (excludes halogenated alkanes) is 1. The van der Waals surface area contributed by atoms with E-state index >= 15 is 0 Å². The van der Waals surface area contributed by atoms with E-state index in [1.807, 2.05) is 0 Å². The molecule has 0 bridgehead atoms. The lowest BCUT2D eigenvalue weighted by atomic mass is 10.0. The van der Waals surface area contributed by atoms with Gasteiger partial charge in [-0.15, -0.1) is 0 Å². The van der Waals surface area contributed by atoms with Crippen LogP contribution in [0.4, 0.5) is 0 Å². The first-order valence-corrected chi connectivity index (χ1v) is 4.28. The van der Waals surface area contributed by atoms with Gasteiger partial charge in [0.1, 0.15) is 0 Å². The van der Waals surface area contributed by atoms with Gasteiger partial charge < -0.3 is 0 Å². The molecule has 0 fully saturated rings. The minimum absolute atomic E-state index is 0.130. The van der Waals surface area contributed by atoms with Crippen molar-refractivity contribution in [1.29, 1.82) is 0 Å². The number of nitrogens with zero attached hydrogens (tertiary/aromatic N) is 1. The molecule has 0 aromatic rings. The van der Waals surface area contributed by atoms with Crippen molar-refractivity contribution in [3.8, 4) is 0 Å². The zero-order chi connectivity index (χ0) is 8.69. The predicted octanol–water partition coefficient (Wildman–Crippen LogP) is 2.48. The van der Waals surface area contributed by atoms with Crippen molar-refractivity contribution in [2.75, 3.05) is 6.54 Å². The van der Waals surface area contributed by atoms with Gasteiger partial charge in [-0.05, 0) is 5.92 Å².